The van der Waals surface area contributed by atoms with E-state index in [-0.39, 0.29) is 34.9 Å². The summed E-state index contributed by atoms with van der Waals surface area (Å²) in [5, 5.41) is 0. The van der Waals surface area contributed by atoms with Crippen LogP contribution in [-0.2, 0) is 9.53 Å². The maximum Gasteiger partial charge on any atom is 0.342 e. The van der Waals surface area contributed by atoms with Crippen LogP contribution in [0.1, 0.15) is 24.2 Å². The van der Waals surface area contributed by atoms with Crippen LogP contribution in [0, 0.1) is 0 Å². The minimum absolute atomic E-state index is 0.00829. The first-order valence-corrected chi connectivity index (χ1v) is 5.60. The largest absolute Gasteiger partial charge is 0.462 e. The van der Waals surface area contributed by atoms with Crippen molar-refractivity contribution in [1.29, 1.82) is 0 Å². The monoisotopic (exact) mass is 264 g/mol. The van der Waals surface area contributed by atoms with Gasteiger partial charge in [0.15, 0.2) is 5.75 Å². The zero-order chi connectivity index (χ0) is 14.6. The molecule has 0 radical (unpaired) electrons. The van der Waals surface area contributed by atoms with Gasteiger partial charge in [0, 0.05) is 11.3 Å². The molecule has 1 rings (SSSR count). The second-order valence-electron chi connectivity index (χ2n) is 3.88. The Kier molecular flexibility index (Phi) is 4.52. The molecule has 0 spiro atoms. The number of nitrogen functional groups attached to an aromatic ring is 2. The molecular formula is C13H16N2O4. The van der Waals surface area contributed by atoms with E-state index >= 15 is 0 Å². The normalized spacial score (nSPS) is 9.79. The van der Waals surface area contributed by atoms with Crippen molar-refractivity contribution in [2.75, 3.05) is 18.1 Å². The van der Waals surface area contributed by atoms with Crippen LogP contribution in [0.25, 0.3) is 0 Å². The Hall–Kier alpha value is -2.50. The Balaban J connectivity index is 3.24. The fraction of sp³-hybridized carbons (Fsp3) is 0.231. The first-order chi connectivity index (χ1) is 8.86. The van der Waals surface area contributed by atoms with Gasteiger partial charge in [-0.3, -0.25) is 0 Å². The van der Waals surface area contributed by atoms with Crippen LogP contribution in [0.15, 0.2) is 24.3 Å². The number of hydrogen-bond donors (Lipinski definition) is 2. The molecule has 0 aliphatic rings. The van der Waals surface area contributed by atoms with E-state index in [1.807, 2.05) is 0 Å². The highest BCUT2D eigenvalue weighted by Gasteiger charge is 2.20. The Labute approximate surface area is 111 Å². The highest BCUT2D eigenvalue weighted by atomic mass is 16.5. The second kappa shape index (κ2) is 5.90. The van der Waals surface area contributed by atoms with Crippen LogP contribution in [-0.4, -0.2) is 18.5 Å². The molecule has 0 bridgehead atoms. The maximum absolute atomic E-state index is 11.8. The molecule has 19 heavy (non-hydrogen) atoms. The van der Waals surface area contributed by atoms with Crippen molar-refractivity contribution in [3.05, 3.63) is 29.8 Å². The lowest BCUT2D eigenvalue weighted by Crippen LogP contribution is -2.15. The Bertz CT molecular complexity index is 538. The van der Waals surface area contributed by atoms with E-state index in [9.17, 15) is 9.59 Å². The molecule has 4 N–H and O–H groups in total. The molecule has 0 aliphatic heterocycles. The summed E-state index contributed by atoms with van der Waals surface area (Å²) < 4.78 is 9.90. The summed E-state index contributed by atoms with van der Waals surface area (Å²) in [6, 6.07) is 2.74. The van der Waals surface area contributed by atoms with E-state index in [4.69, 9.17) is 20.9 Å². The highest BCUT2D eigenvalue weighted by Crippen LogP contribution is 2.30. The van der Waals surface area contributed by atoms with Crippen LogP contribution in [0.5, 0.6) is 5.75 Å². The number of carbonyl (C=O) groups excluding carboxylic acids is 2. The van der Waals surface area contributed by atoms with Gasteiger partial charge in [-0.05, 0) is 26.0 Å². The zero-order valence-electron chi connectivity index (χ0n) is 10.9. The molecule has 0 fully saturated rings. The van der Waals surface area contributed by atoms with Crippen molar-refractivity contribution >= 4 is 23.3 Å². The van der Waals surface area contributed by atoms with Crippen molar-refractivity contribution in [3.8, 4) is 5.75 Å². The number of nitrogens with two attached hydrogens (primary N) is 2. The van der Waals surface area contributed by atoms with E-state index in [0.717, 1.165) is 0 Å². The quantitative estimate of drug-likeness (QED) is 0.369. The van der Waals surface area contributed by atoms with Gasteiger partial charge in [0.2, 0.25) is 0 Å². The summed E-state index contributed by atoms with van der Waals surface area (Å²) >= 11 is 0. The fourth-order valence-corrected chi connectivity index (χ4v) is 1.33. The van der Waals surface area contributed by atoms with E-state index in [0.29, 0.717) is 0 Å². The van der Waals surface area contributed by atoms with Crippen LogP contribution < -0.4 is 16.2 Å². The van der Waals surface area contributed by atoms with Gasteiger partial charge in [-0.1, -0.05) is 6.58 Å². The highest BCUT2D eigenvalue weighted by molar-refractivity contribution is 5.98. The molecule has 0 aromatic heterocycles. The molecule has 6 nitrogen and oxygen atoms in total. The third kappa shape index (κ3) is 3.48. The lowest BCUT2D eigenvalue weighted by atomic mass is 10.1. The number of esters is 2. The lowest BCUT2D eigenvalue weighted by Gasteiger charge is -2.12. The first-order valence-electron chi connectivity index (χ1n) is 5.60. The Morgan fingerprint density at radius 2 is 1.95 bits per heavy atom. The molecule has 0 unspecified atom stereocenters. The summed E-state index contributed by atoms with van der Waals surface area (Å²) in [5.41, 5.74) is 11.9. The summed E-state index contributed by atoms with van der Waals surface area (Å²) in [5.74, 6) is -1.41. The lowest BCUT2D eigenvalue weighted by molar-refractivity contribution is -0.130. The molecule has 0 saturated carbocycles. The number of ether oxygens (including phenoxy) is 2. The number of benzene rings is 1. The third-order valence-electron chi connectivity index (χ3n) is 2.18. The van der Waals surface area contributed by atoms with Crippen LogP contribution in [0.4, 0.5) is 11.4 Å². The number of rotatable bonds is 4. The molecule has 102 valence electrons. The van der Waals surface area contributed by atoms with E-state index in [2.05, 4.69) is 6.58 Å². The van der Waals surface area contributed by atoms with Crippen molar-refractivity contribution in [2.45, 2.75) is 13.8 Å². The smallest absolute Gasteiger partial charge is 0.342 e. The Morgan fingerprint density at radius 1 is 1.32 bits per heavy atom. The number of carbonyl (C=O) groups is 2. The second-order valence-corrected chi connectivity index (χ2v) is 3.88. The molecule has 0 amide bonds. The molecule has 0 aliphatic carbocycles. The summed E-state index contributed by atoms with van der Waals surface area (Å²) in [6.07, 6.45) is 0. The third-order valence-corrected chi connectivity index (χ3v) is 2.18. The van der Waals surface area contributed by atoms with Gasteiger partial charge in [-0.25, -0.2) is 9.59 Å². The molecule has 6 heteroatoms. The minimum Gasteiger partial charge on any atom is -0.462 e. The van der Waals surface area contributed by atoms with Crippen molar-refractivity contribution in [2.24, 2.45) is 0 Å². The number of hydrogen-bond acceptors (Lipinski definition) is 6. The Morgan fingerprint density at radius 3 is 2.47 bits per heavy atom. The van der Waals surface area contributed by atoms with E-state index in [1.165, 1.54) is 19.1 Å². The summed E-state index contributed by atoms with van der Waals surface area (Å²) in [7, 11) is 0. The standard InChI is InChI=1S/C13H16N2O4/c1-4-18-13(17)9-5-8(14)6-10(15)11(9)19-12(16)7(2)3/h5-6H,2,4,14-15H2,1,3H3. The van der Waals surface area contributed by atoms with Gasteiger partial charge >= 0.3 is 11.9 Å². The summed E-state index contributed by atoms with van der Waals surface area (Å²) in [6.45, 7) is 6.78. The van der Waals surface area contributed by atoms with E-state index in [1.54, 1.807) is 6.92 Å². The van der Waals surface area contributed by atoms with Crippen molar-refractivity contribution in [1.82, 2.24) is 0 Å². The van der Waals surface area contributed by atoms with Crippen LogP contribution in [0.3, 0.4) is 0 Å². The van der Waals surface area contributed by atoms with Gasteiger partial charge in [0.1, 0.15) is 5.56 Å². The molecule has 0 heterocycles. The van der Waals surface area contributed by atoms with Crippen molar-refractivity contribution in [3.63, 3.8) is 0 Å². The van der Waals surface area contributed by atoms with Gasteiger partial charge in [0.25, 0.3) is 0 Å². The van der Waals surface area contributed by atoms with Crippen LogP contribution >= 0.6 is 0 Å². The van der Waals surface area contributed by atoms with Gasteiger partial charge in [0.05, 0.1) is 12.3 Å². The predicted molar refractivity (Wildman–Crippen MR) is 71.7 cm³/mol. The topological polar surface area (TPSA) is 105 Å². The molecular weight excluding hydrogens is 248 g/mol. The van der Waals surface area contributed by atoms with Crippen molar-refractivity contribution < 1.29 is 19.1 Å². The van der Waals surface area contributed by atoms with E-state index < -0.39 is 11.9 Å². The van der Waals surface area contributed by atoms with Crippen LogP contribution in [0.2, 0.25) is 0 Å². The molecule has 0 saturated heterocycles. The number of anilines is 2. The summed E-state index contributed by atoms with van der Waals surface area (Å²) in [4.78, 5) is 23.3. The van der Waals surface area contributed by atoms with Gasteiger partial charge in [-0.2, -0.15) is 0 Å². The predicted octanol–water partition coefficient (Wildman–Crippen LogP) is 1.51. The maximum atomic E-state index is 11.8. The van der Waals surface area contributed by atoms with Gasteiger partial charge in [-0.15, -0.1) is 0 Å². The first kappa shape index (κ1) is 14.6. The fourth-order valence-electron chi connectivity index (χ4n) is 1.33. The van der Waals surface area contributed by atoms with Gasteiger partial charge < -0.3 is 20.9 Å². The average molecular weight is 264 g/mol. The molecule has 1 aromatic rings. The SMILES string of the molecule is C=C(C)C(=O)Oc1c(N)cc(N)cc1C(=O)OCC. The molecule has 1 aromatic carbocycles. The average Bonchev–Trinajstić information content (AvgIpc) is 2.32. The minimum atomic E-state index is -0.679. The molecule has 0 atom stereocenters. The zero-order valence-corrected chi connectivity index (χ0v) is 10.9.